The van der Waals surface area contributed by atoms with E-state index in [2.05, 4.69) is 5.32 Å². The lowest BCUT2D eigenvalue weighted by molar-refractivity contribution is -0.119. The summed E-state index contributed by atoms with van der Waals surface area (Å²) in [5.74, 6) is 0.583. The summed E-state index contributed by atoms with van der Waals surface area (Å²) in [6.45, 7) is 1.89. The second-order valence-electron chi connectivity index (χ2n) is 7.15. The number of ether oxygens (including phenoxy) is 1. The fraction of sp³-hybridized carbons (Fsp3) is 0.208. The van der Waals surface area contributed by atoms with Crippen molar-refractivity contribution in [3.63, 3.8) is 0 Å². The molecular formula is C24H25ClN2O4S2. The van der Waals surface area contributed by atoms with Crippen molar-refractivity contribution in [2.24, 2.45) is 0 Å². The zero-order valence-electron chi connectivity index (χ0n) is 18.3. The Bertz CT molecular complexity index is 1180. The van der Waals surface area contributed by atoms with Gasteiger partial charge in [0, 0.05) is 22.2 Å². The lowest BCUT2D eigenvalue weighted by Crippen LogP contribution is -2.41. The summed E-state index contributed by atoms with van der Waals surface area (Å²) in [6, 6.07) is 20.7. The maximum atomic E-state index is 13.5. The SMILES string of the molecule is COc1ccccc1N(CC(=O)NCCSc1ccc(Cl)cc1)S(=O)(=O)c1ccc(C)cc1. The molecule has 0 aliphatic rings. The first-order valence-electron chi connectivity index (χ1n) is 10.2. The molecule has 0 unspecified atom stereocenters. The summed E-state index contributed by atoms with van der Waals surface area (Å²) in [6.07, 6.45) is 0. The molecule has 0 aliphatic heterocycles. The molecule has 6 nitrogen and oxygen atoms in total. The van der Waals surface area contributed by atoms with Gasteiger partial charge in [0.05, 0.1) is 17.7 Å². The highest BCUT2D eigenvalue weighted by atomic mass is 35.5. The van der Waals surface area contributed by atoms with Gasteiger partial charge < -0.3 is 10.1 Å². The van der Waals surface area contributed by atoms with Crippen molar-refractivity contribution in [2.45, 2.75) is 16.7 Å². The Balaban J connectivity index is 1.74. The lowest BCUT2D eigenvalue weighted by atomic mass is 10.2. The summed E-state index contributed by atoms with van der Waals surface area (Å²) >= 11 is 7.47. The van der Waals surface area contributed by atoms with E-state index < -0.39 is 15.9 Å². The molecule has 0 saturated heterocycles. The quantitative estimate of drug-likeness (QED) is 0.318. The number of halogens is 1. The van der Waals surface area contributed by atoms with Crippen LogP contribution in [0.1, 0.15) is 5.56 Å². The van der Waals surface area contributed by atoms with E-state index in [0.717, 1.165) is 14.8 Å². The minimum absolute atomic E-state index is 0.102. The number of nitrogens with zero attached hydrogens (tertiary/aromatic N) is 1. The van der Waals surface area contributed by atoms with E-state index in [0.29, 0.717) is 28.8 Å². The van der Waals surface area contributed by atoms with E-state index in [1.54, 1.807) is 48.2 Å². The van der Waals surface area contributed by atoms with Crippen LogP contribution < -0.4 is 14.4 Å². The molecule has 1 amide bonds. The molecule has 0 saturated carbocycles. The number of methoxy groups -OCH3 is 1. The molecule has 0 fully saturated rings. The molecule has 0 spiro atoms. The van der Waals surface area contributed by atoms with E-state index in [-0.39, 0.29) is 11.4 Å². The van der Waals surface area contributed by atoms with Crippen LogP contribution in [0.3, 0.4) is 0 Å². The number of hydrogen-bond acceptors (Lipinski definition) is 5. The van der Waals surface area contributed by atoms with Gasteiger partial charge in [-0.3, -0.25) is 9.10 Å². The van der Waals surface area contributed by atoms with Crippen molar-refractivity contribution in [1.82, 2.24) is 5.32 Å². The first kappa shape index (κ1) is 25.0. The summed E-state index contributed by atoms with van der Waals surface area (Å²) in [5.41, 5.74) is 1.24. The number of carbonyl (C=O) groups excluding carboxylic acids is 1. The first-order chi connectivity index (χ1) is 15.8. The average Bonchev–Trinajstić information content (AvgIpc) is 2.81. The van der Waals surface area contributed by atoms with Crippen molar-refractivity contribution in [3.05, 3.63) is 83.4 Å². The summed E-state index contributed by atoms with van der Waals surface area (Å²) < 4.78 is 33.4. The fourth-order valence-corrected chi connectivity index (χ4v) is 5.38. The summed E-state index contributed by atoms with van der Waals surface area (Å²) in [4.78, 5) is 13.9. The van der Waals surface area contributed by atoms with Gasteiger partial charge in [0.15, 0.2) is 0 Å². The van der Waals surface area contributed by atoms with Crippen LogP contribution >= 0.6 is 23.4 Å². The largest absolute Gasteiger partial charge is 0.495 e. The highest BCUT2D eigenvalue weighted by molar-refractivity contribution is 7.99. The summed E-state index contributed by atoms with van der Waals surface area (Å²) in [7, 11) is -2.54. The molecule has 3 rings (SSSR count). The molecule has 0 bridgehead atoms. The normalized spacial score (nSPS) is 11.1. The fourth-order valence-electron chi connectivity index (χ4n) is 3.05. The number of nitrogens with one attached hydrogen (secondary N) is 1. The molecule has 33 heavy (non-hydrogen) atoms. The Hall–Kier alpha value is -2.68. The highest BCUT2D eigenvalue weighted by Crippen LogP contribution is 2.32. The Labute approximate surface area is 204 Å². The smallest absolute Gasteiger partial charge is 0.264 e. The third-order valence-corrected chi connectivity index (χ3v) is 7.80. The Morgan fingerprint density at radius 2 is 1.70 bits per heavy atom. The minimum Gasteiger partial charge on any atom is -0.495 e. The van der Waals surface area contributed by atoms with Gasteiger partial charge in [0.2, 0.25) is 5.91 Å². The molecule has 0 aromatic heterocycles. The number of thioether (sulfide) groups is 1. The molecule has 3 aromatic carbocycles. The first-order valence-corrected chi connectivity index (χ1v) is 13.0. The minimum atomic E-state index is -4.00. The standard InChI is InChI=1S/C24H25ClN2O4S2/c1-18-7-13-21(14-8-18)33(29,30)27(22-5-3-4-6-23(22)31-2)17-24(28)26-15-16-32-20-11-9-19(25)10-12-20/h3-14H,15-17H2,1-2H3,(H,26,28). The predicted molar refractivity (Wildman–Crippen MR) is 134 cm³/mol. The molecule has 9 heteroatoms. The van der Waals surface area contributed by atoms with E-state index >= 15 is 0 Å². The number of benzene rings is 3. The second kappa shape index (κ2) is 11.4. The zero-order chi connectivity index (χ0) is 23.8. The second-order valence-corrected chi connectivity index (χ2v) is 10.6. The summed E-state index contributed by atoms with van der Waals surface area (Å²) in [5, 5.41) is 3.47. The molecule has 0 heterocycles. The zero-order valence-corrected chi connectivity index (χ0v) is 20.7. The van der Waals surface area contributed by atoms with Gasteiger partial charge >= 0.3 is 0 Å². The van der Waals surface area contributed by atoms with Gasteiger partial charge in [-0.25, -0.2) is 8.42 Å². The number of hydrogen-bond donors (Lipinski definition) is 1. The van der Waals surface area contributed by atoms with Crippen molar-refractivity contribution in [3.8, 4) is 5.75 Å². The Morgan fingerprint density at radius 3 is 2.36 bits per heavy atom. The van der Waals surface area contributed by atoms with Crippen molar-refractivity contribution < 1.29 is 17.9 Å². The van der Waals surface area contributed by atoms with Crippen molar-refractivity contribution in [1.29, 1.82) is 0 Å². The van der Waals surface area contributed by atoms with Crippen LogP contribution in [0.15, 0.2) is 82.6 Å². The van der Waals surface area contributed by atoms with Gasteiger partial charge in [-0.2, -0.15) is 0 Å². The predicted octanol–water partition coefficient (Wildman–Crippen LogP) is 4.76. The molecule has 3 aromatic rings. The van der Waals surface area contributed by atoms with Crippen LogP contribution in [0.25, 0.3) is 0 Å². The maximum Gasteiger partial charge on any atom is 0.264 e. The monoisotopic (exact) mass is 504 g/mol. The van der Waals surface area contributed by atoms with Gasteiger partial charge in [-0.05, 0) is 55.5 Å². The third-order valence-electron chi connectivity index (χ3n) is 4.76. The highest BCUT2D eigenvalue weighted by Gasteiger charge is 2.29. The van der Waals surface area contributed by atoms with Gasteiger partial charge in [-0.1, -0.05) is 41.4 Å². The molecule has 0 radical (unpaired) electrons. The number of aryl methyl sites for hydroxylation is 1. The van der Waals surface area contributed by atoms with E-state index in [1.165, 1.54) is 19.2 Å². The topological polar surface area (TPSA) is 75.7 Å². The van der Waals surface area contributed by atoms with Gasteiger partial charge in [0.1, 0.15) is 12.3 Å². The molecule has 0 aliphatic carbocycles. The van der Waals surface area contributed by atoms with E-state index in [4.69, 9.17) is 16.3 Å². The lowest BCUT2D eigenvalue weighted by Gasteiger charge is -2.25. The number of sulfonamides is 1. The Kier molecular flexibility index (Phi) is 8.66. The van der Waals surface area contributed by atoms with Crippen LogP contribution in [0, 0.1) is 6.92 Å². The number of anilines is 1. The van der Waals surface area contributed by atoms with Crippen LogP contribution in [-0.2, 0) is 14.8 Å². The van der Waals surface area contributed by atoms with Gasteiger partial charge in [-0.15, -0.1) is 11.8 Å². The molecular weight excluding hydrogens is 480 g/mol. The van der Waals surface area contributed by atoms with Crippen LogP contribution in [-0.4, -0.2) is 40.3 Å². The van der Waals surface area contributed by atoms with Crippen molar-refractivity contribution >= 4 is 45.0 Å². The van der Waals surface area contributed by atoms with Crippen molar-refractivity contribution in [2.75, 3.05) is 30.3 Å². The van der Waals surface area contributed by atoms with Gasteiger partial charge in [0.25, 0.3) is 10.0 Å². The number of rotatable bonds is 10. The van der Waals surface area contributed by atoms with Crippen LogP contribution in [0.5, 0.6) is 5.75 Å². The number of carbonyl (C=O) groups is 1. The molecule has 1 N–H and O–H groups in total. The molecule has 174 valence electrons. The number of amides is 1. The maximum absolute atomic E-state index is 13.5. The van der Waals surface area contributed by atoms with E-state index in [1.807, 2.05) is 31.2 Å². The van der Waals surface area contributed by atoms with E-state index in [9.17, 15) is 13.2 Å². The Morgan fingerprint density at radius 1 is 1.03 bits per heavy atom. The van der Waals surface area contributed by atoms with Crippen LogP contribution in [0.4, 0.5) is 5.69 Å². The van der Waals surface area contributed by atoms with Crippen LogP contribution in [0.2, 0.25) is 5.02 Å². The third kappa shape index (κ3) is 6.66. The number of para-hydroxylation sites is 2. The average molecular weight is 505 g/mol. The molecule has 0 atom stereocenters.